The average molecular weight is 228 g/mol. The Balaban J connectivity index is 3.19. The van der Waals surface area contributed by atoms with Crippen molar-refractivity contribution >= 4 is 5.84 Å². The van der Waals surface area contributed by atoms with Gasteiger partial charge in [-0.25, -0.2) is 4.99 Å². The Hall–Kier alpha value is -1.83. The summed E-state index contributed by atoms with van der Waals surface area (Å²) in [7, 11) is 3.99. The lowest BCUT2D eigenvalue weighted by Gasteiger charge is -2.17. The Morgan fingerprint density at radius 1 is 1.29 bits per heavy atom. The van der Waals surface area contributed by atoms with Gasteiger partial charge < -0.3 is 4.90 Å². The number of rotatable bonds is 3. The zero-order valence-electron chi connectivity index (χ0n) is 11.1. The Labute approximate surface area is 104 Å². The van der Waals surface area contributed by atoms with E-state index in [0.717, 1.165) is 17.1 Å². The highest BCUT2D eigenvalue weighted by molar-refractivity contribution is 6.00. The molecule has 2 nitrogen and oxygen atoms in total. The molecule has 0 bridgehead atoms. The molecule has 2 heteroatoms. The summed E-state index contributed by atoms with van der Waals surface area (Å²) in [6.45, 7) is 7.97. The van der Waals surface area contributed by atoms with Crippen molar-refractivity contribution in [2.45, 2.75) is 13.8 Å². The fourth-order valence-corrected chi connectivity index (χ4v) is 1.59. The van der Waals surface area contributed by atoms with E-state index < -0.39 is 0 Å². The highest BCUT2D eigenvalue weighted by Gasteiger charge is 2.08. The zero-order valence-corrected chi connectivity index (χ0v) is 11.1. The summed E-state index contributed by atoms with van der Waals surface area (Å²) in [4.78, 5) is 6.57. The molecule has 17 heavy (non-hydrogen) atoms. The average Bonchev–Trinajstić information content (AvgIpc) is 2.27. The van der Waals surface area contributed by atoms with E-state index in [9.17, 15) is 0 Å². The second-order valence-corrected chi connectivity index (χ2v) is 4.14. The fraction of sp³-hybridized carbons (Fsp3) is 0.267. The zero-order chi connectivity index (χ0) is 12.8. The smallest absolute Gasteiger partial charge is 0.136 e. The second kappa shape index (κ2) is 6.04. The lowest BCUT2D eigenvalue weighted by atomic mass is 10.1. The molecule has 0 saturated carbocycles. The molecular formula is C15H20N2. The summed E-state index contributed by atoms with van der Waals surface area (Å²) in [6.07, 6.45) is 3.85. The van der Waals surface area contributed by atoms with Crippen LogP contribution in [0.15, 0.2) is 53.7 Å². The summed E-state index contributed by atoms with van der Waals surface area (Å²) in [5.41, 5.74) is 3.12. The van der Waals surface area contributed by atoms with Gasteiger partial charge in [-0.15, -0.1) is 0 Å². The van der Waals surface area contributed by atoms with Crippen LogP contribution >= 0.6 is 0 Å². The van der Waals surface area contributed by atoms with E-state index in [2.05, 4.69) is 30.6 Å². The van der Waals surface area contributed by atoms with Crippen LogP contribution in [0.4, 0.5) is 0 Å². The Kier molecular flexibility index (Phi) is 4.70. The number of allylic oxidation sites excluding steroid dienone is 2. The van der Waals surface area contributed by atoms with Gasteiger partial charge in [0.1, 0.15) is 5.84 Å². The standard InChI is InChI=1S/C15H20N2/c1-6-9-13(3)16-15(17(4)5)14-11-8-7-10-12(14)2/h6-11H,3H2,1-2,4-5H3/b9-6+,16-15?. The van der Waals surface area contributed by atoms with Crippen LogP contribution in [0.3, 0.4) is 0 Å². The van der Waals surface area contributed by atoms with Crippen LogP contribution in [0.25, 0.3) is 0 Å². The first kappa shape index (κ1) is 13.2. The first-order valence-electron chi connectivity index (χ1n) is 5.70. The predicted octanol–water partition coefficient (Wildman–Crippen LogP) is 3.39. The van der Waals surface area contributed by atoms with Crippen LogP contribution in [0.1, 0.15) is 18.1 Å². The van der Waals surface area contributed by atoms with Crippen LogP contribution in [0.5, 0.6) is 0 Å². The molecule has 0 radical (unpaired) electrons. The summed E-state index contributed by atoms with van der Waals surface area (Å²) >= 11 is 0. The maximum Gasteiger partial charge on any atom is 0.136 e. The lowest BCUT2D eigenvalue weighted by molar-refractivity contribution is 0.622. The van der Waals surface area contributed by atoms with Gasteiger partial charge in [-0.3, -0.25) is 0 Å². The summed E-state index contributed by atoms with van der Waals surface area (Å²) in [5, 5.41) is 0. The van der Waals surface area contributed by atoms with Gasteiger partial charge in [-0.05, 0) is 25.5 Å². The van der Waals surface area contributed by atoms with Crippen LogP contribution in [-0.4, -0.2) is 24.8 Å². The minimum absolute atomic E-state index is 0.763. The van der Waals surface area contributed by atoms with E-state index in [0.29, 0.717) is 0 Å². The number of aliphatic imine (C=N–C) groups is 1. The number of hydrogen-bond acceptors (Lipinski definition) is 1. The molecule has 1 aromatic rings. The molecule has 0 saturated heterocycles. The molecule has 0 spiro atoms. The van der Waals surface area contributed by atoms with Gasteiger partial charge >= 0.3 is 0 Å². The van der Waals surface area contributed by atoms with Crippen LogP contribution in [0.2, 0.25) is 0 Å². The maximum atomic E-state index is 4.56. The van der Waals surface area contributed by atoms with Crippen LogP contribution in [-0.2, 0) is 0 Å². The fourth-order valence-electron chi connectivity index (χ4n) is 1.59. The van der Waals surface area contributed by atoms with E-state index in [1.54, 1.807) is 0 Å². The molecule has 0 unspecified atom stereocenters. The predicted molar refractivity (Wildman–Crippen MR) is 75.4 cm³/mol. The molecule has 0 aliphatic rings. The maximum absolute atomic E-state index is 4.56. The van der Waals surface area contributed by atoms with Crippen molar-refractivity contribution in [2.75, 3.05) is 14.1 Å². The molecule has 0 N–H and O–H groups in total. The lowest BCUT2D eigenvalue weighted by Crippen LogP contribution is -2.24. The number of nitrogens with zero attached hydrogens (tertiary/aromatic N) is 2. The quantitative estimate of drug-likeness (QED) is 0.440. The van der Waals surface area contributed by atoms with E-state index >= 15 is 0 Å². The molecule has 1 aromatic carbocycles. The van der Waals surface area contributed by atoms with Crippen LogP contribution < -0.4 is 0 Å². The summed E-state index contributed by atoms with van der Waals surface area (Å²) in [5.74, 6) is 0.936. The van der Waals surface area contributed by atoms with Gasteiger partial charge in [0.05, 0.1) is 5.70 Å². The van der Waals surface area contributed by atoms with E-state index in [1.165, 1.54) is 5.56 Å². The topological polar surface area (TPSA) is 15.6 Å². The highest BCUT2D eigenvalue weighted by Crippen LogP contribution is 2.12. The summed E-state index contributed by atoms with van der Waals surface area (Å²) < 4.78 is 0. The monoisotopic (exact) mass is 228 g/mol. The van der Waals surface area contributed by atoms with Crippen LogP contribution in [0, 0.1) is 6.92 Å². The first-order valence-corrected chi connectivity index (χ1v) is 5.70. The molecule has 0 heterocycles. The molecule has 0 aliphatic carbocycles. The molecule has 0 atom stereocenters. The van der Waals surface area contributed by atoms with Gasteiger partial charge in [0.15, 0.2) is 0 Å². The van der Waals surface area contributed by atoms with E-state index in [4.69, 9.17) is 0 Å². The molecule has 0 amide bonds. The molecular weight excluding hydrogens is 208 g/mol. The SMILES string of the molecule is C=C(/C=C/C)N=C(c1ccccc1C)N(C)C. The van der Waals surface area contributed by atoms with Gasteiger partial charge in [0.2, 0.25) is 0 Å². The van der Waals surface area contributed by atoms with Gasteiger partial charge in [-0.2, -0.15) is 0 Å². The van der Waals surface area contributed by atoms with Crippen molar-refractivity contribution in [3.63, 3.8) is 0 Å². The second-order valence-electron chi connectivity index (χ2n) is 4.14. The third kappa shape index (κ3) is 3.59. The van der Waals surface area contributed by atoms with Crippen molar-refractivity contribution < 1.29 is 0 Å². The highest BCUT2D eigenvalue weighted by atomic mass is 15.1. The number of hydrogen-bond donors (Lipinski definition) is 0. The Morgan fingerprint density at radius 3 is 2.47 bits per heavy atom. The third-order valence-corrected chi connectivity index (χ3v) is 2.42. The summed E-state index contributed by atoms with van der Waals surface area (Å²) in [6, 6.07) is 8.23. The van der Waals surface area contributed by atoms with Crippen molar-refractivity contribution in [3.05, 3.63) is 59.8 Å². The van der Waals surface area contributed by atoms with E-state index in [-0.39, 0.29) is 0 Å². The number of benzene rings is 1. The largest absolute Gasteiger partial charge is 0.362 e. The third-order valence-electron chi connectivity index (χ3n) is 2.42. The molecule has 90 valence electrons. The molecule has 0 aromatic heterocycles. The normalized spacial score (nSPS) is 11.9. The minimum Gasteiger partial charge on any atom is -0.362 e. The van der Waals surface area contributed by atoms with Crippen molar-refractivity contribution in [2.24, 2.45) is 4.99 Å². The molecule has 1 rings (SSSR count). The minimum atomic E-state index is 0.763. The van der Waals surface area contributed by atoms with E-state index in [1.807, 2.05) is 50.2 Å². The van der Waals surface area contributed by atoms with Crippen molar-refractivity contribution in [1.29, 1.82) is 0 Å². The van der Waals surface area contributed by atoms with Gasteiger partial charge in [-0.1, -0.05) is 36.9 Å². The van der Waals surface area contributed by atoms with Crippen molar-refractivity contribution in [1.82, 2.24) is 4.90 Å². The van der Waals surface area contributed by atoms with Gasteiger partial charge in [0, 0.05) is 19.7 Å². The first-order chi connectivity index (χ1) is 8.06. The van der Waals surface area contributed by atoms with Gasteiger partial charge in [0.25, 0.3) is 0 Å². The number of amidine groups is 1. The Bertz CT molecular complexity index is 454. The number of aryl methyl sites for hydroxylation is 1. The Morgan fingerprint density at radius 2 is 1.94 bits per heavy atom. The molecule has 0 aliphatic heterocycles. The van der Waals surface area contributed by atoms with Crippen molar-refractivity contribution in [3.8, 4) is 0 Å². The molecule has 0 fully saturated rings.